The van der Waals surface area contributed by atoms with Gasteiger partial charge in [0.15, 0.2) is 11.5 Å². The lowest BCUT2D eigenvalue weighted by atomic mass is 10.2. The highest BCUT2D eigenvalue weighted by atomic mass is 16.5. The number of carbonyl (C=O) groups excluding carboxylic acids is 1. The lowest BCUT2D eigenvalue weighted by Crippen LogP contribution is -2.25. The summed E-state index contributed by atoms with van der Waals surface area (Å²) in [4.78, 5) is 13.4. The number of methoxy groups -OCH3 is 1. The van der Waals surface area contributed by atoms with Crippen LogP contribution in [0, 0.1) is 0 Å². The number of benzene rings is 1. The third-order valence-corrected chi connectivity index (χ3v) is 2.89. The van der Waals surface area contributed by atoms with E-state index in [0.29, 0.717) is 37.6 Å². The van der Waals surface area contributed by atoms with Crippen LogP contribution in [0.5, 0.6) is 11.5 Å². The second kappa shape index (κ2) is 9.20. The number of nitrogens with zero attached hydrogens (tertiary/aromatic N) is 1. The highest BCUT2D eigenvalue weighted by Gasteiger charge is 2.07. The molecule has 3 N–H and O–H groups in total. The molecule has 0 unspecified atom stereocenters. The van der Waals surface area contributed by atoms with Crippen LogP contribution in [-0.4, -0.2) is 51.7 Å². The monoisotopic (exact) mass is 295 g/mol. The van der Waals surface area contributed by atoms with Gasteiger partial charge in [0.1, 0.15) is 6.61 Å². The molecule has 0 aliphatic rings. The molecule has 0 aliphatic heterocycles. The van der Waals surface area contributed by atoms with Gasteiger partial charge in [0.25, 0.3) is 0 Å². The van der Waals surface area contributed by atoms with E-state index in [1.165, 1.54) is 0 Å². The van der Waals surface area contributed by atoms with Crippen molar-refractivity contribution in [1.82, 2.24) is 10.2 Å². The van der Waals surface area contributed by atoms with E-state index in [9.17, 15) is 4.79 Å². The van der Waals surface area contributed by atoms with E-state index in [1.807, 2.05) is 37.2 Å². The molecule has 0 fully saturated rings. The topological polar surface area (TPSA) is 76.8 Å². The summed E-state index contributed by atoms with van der Waals surface area (Å²) in [5.41, 5.74) is 6.29. The van der Waals surface area contributed by atoms with Crippen LogP contribution in [0.2, 0.25) is 0 Å². The first-order valence-electron chi connectivity index (χ1n) is 6.98. The number of nitrogens with one attached hydrogen (secondary N) is 1. The molecule has 0 saturated heterocycles. The van der Waals surface area contributed by atoms with E-state index in [0.717, 1.165) is 12.1 Å². The summed E-state index contributed by atoms with van der Waals surface area (Å²) >= 11 is 0. The van der Waals surface area contributed by atoms with Crippen molar-refractivity contribution in [2.75, 3.05) is 40.9 Å². The molecule has 0 atom stereocenters. The molecule has 1 amide bonds. The summed E-state index contributed by atoms with van der Waals surface area (Å²) in [5.74, 6) is 1.32. The molecule has 21 heavy (non-hydrogen) atoms. The predicted molar refractivity (Wildman–Crippen MR) is 82.6 cm³/mol. The number of likely N-dealkylation sites (N-methyl/N-ethyl adjacent to an activating group) is 1. The Morgan fingerprint density at radius 2 is 2.10 bits per heavy atom. The van der Waals surface area contributed by atoms with Crippen molar-refractivity contribution in [3.8, 4) is 11.5 Å². The average Bonchev–Trinajstić information content (AvgIpc) is 2.46. The van der Waals surface area contributed by atoms with E-state index in [-0.39, 0.29) is 5.91 Å². The molecule has 0 aliphatic carbocycles. The molecule has 6 nitrogen and oxygen atoms in total. The van der Waals surface area contributed by atoms with E-state index in [4.69, 9.17) is 15.2 Å². The van der Waals surface area contributed by atoms with Gasteiger partial charge in [-0.25, -0.2) is 0 Å². The largest absolute Gasteiger partial charge is 0.493 e. The number of carbonyl (C=O) groups is 1. The van der Waals surface area contributed by atoms with Gasteiger partial charge in [-0.1, -0.05) is 6.07 Å². The van der Waals surface area contributed by atoms with Gasteiger partial charge in [-0.05, 0) is 31.8 Å². The summed E-state index contributed by atoms with van der Waals surface area (Å²) in [6, 6.07) is 5.64. The molecular formula is C15H25N3O3. The predicted octanol–water partition coefficient (Wildman–Crippen LogP) is 0.601. The van der Waals surface area contributed by atoms with Crippen molar-refractivity contribution in [1.29, 1.82) is 0 Å². The van der Waals surface area contributed by atoms with Gasteiger partial charge < -0.3 is 25.4 Å². The fraction of sp³-hybridized carbons (Fsp3) is 0.533. The third kappa shape index (κ3) is 6.46. The Balaban J connectivity index is 2.59. The zero-order valence-corrected chi connectivity index (χ0v) is 13.0. The summed E-state index contributed by atoms with van der Waals surface area (Å²) in [5, 5.41) is 2.81. The van der Waals surface area contributed by atoms with E-state index in [2.05, 4.69) is 5.32 Å². The van der Waals surface area contributed by atoms with Gasteiger partial charge in [-0.2, -0.15) is 0 Å². The van der Waals surface area contributed by atoms with Gasteiger partial charge in [0.05, 0.1) is 7.11 Å². The molecule has 1 aromatic rings. The fourth-order valence-corrected chi connectivity index (χ4v) is 1.70. The van der Waals surface area contributed by atoms with Crippen LogP contribution < -0.4 is 20.5 Å². The third-order valence-electron chi connectivity index (χ3n) is 2.89. The first-order valence-corrected chi connectivity index (χ1v) is 6.98. The van der Waals surface area contributed by atoms with Gasteiger partial charge in [0, 0.05) is 26.1 Å². The van der Waals surface area contributed by atoms with Crippen LogP contribution in [0.3, 0.4) is 0 Å². The number of hydrogen-bond donors (Lipinski definition) is 2. The van der Waals surface area contributed by atoms with Crippen LogP contribution in [0.1, 0.15) is 12.0 Å². The lowest BCUT2D eigenvalue weighted by molar-refractivity contribution is -0.121. The quantitative estimate of drug-likeness (QED) is 0.698. The maximum Gasteiger partial charge on any atom is 0.221 e. The van der Waals surface area contributed by atoms with E-state index in [1.54, 1.807) is 7.11 Å². The maximum atomic E-state index is 11.4. The molecule has 0 heterocycles. The van der Waals surface area contributed by atoms with E-state index >= 15 is 0 Å². The van der Waals surface area contributed by atoms with Crippen molar-refractivity contribution in [2.45, 2.75) is 13.0 Å². The number of ether oxygens (including phenoxy) is 2. The zero-order chi connectivity index (χ0) is 15.7. The lowest BCUT2D eigenvalue weighted by Gasteiger charge is -2.14. The Hall–Kier alpha value is -1.79. The number of nitrogens with two attached hydrogens (primary N) is 1. The molecule has 0 radical (unpaired) electrons. The molecule has 1 rings (SSSR count). The number of rotatable bonds is 9. The average molecular weight is 295 g/mol. The second-order valence-corrected chi connectivity index (χ2v) is 4.95. The Morgan fingerprint density at radius 1 is 1.33 bits per heavy atom. The SMILES string of the molecule is COc1cc(CNC(=O)CCN)ccc1OCCN(C)C. The minimum absolute atomic E-state index is 0.0530. The summed E-state index contributed by atoms with van der Waals surface area (Å²) < 4.78 is 11.0. The molecule has 0 bridgehead atoms. The molecule has 6 heteroatoms. The standard InChI is InChI=1S/C15H25N3O3/c1-18(2)8-9-21-13-5-4-12(10-14(13)20-3)11-17-15(19)6-7-16/h4-5,10H,6-9,11,16H2,1-3H3,(H,17,19). The van der Waals surface area contributed by atoms with Gasteiger partial charge in [0.2, 0.25) is 5.91 Å². The fourth-order valence-electron chi connectivity index (χ4n) is 1.70. The smallest absolute Gasteiger partial charge is 0.221 e. The molecule has 0 aromatic heterocycles. The van der Waals surface area contributed by atoms with Gasteiger partial charge in [-0.15, -0.1) is 0 Å². The van der Waals surface area contributed by atoms with E-state index < -0.39 is 0 Å². The van der Waals surface area contributed by atoms with Crippen LogP contribution in [0.15, 0.2) is 18.2 Å². The maximum absolute atomic E-state index is 11.4. The zero-order valence-electron chi connectivity index (χ0n) is 13.0. The Kier molecular flexibility index (Phi) is 7.56. The molecule has 1 aromatic carbocycles. The van der Waals surface area contributed by atoms with Crippen LogP contribution in [0.4, 0.5) is 0 Å². The van der Waals surface area contributed by atoms with Crippen molar-refractivity contribution in [3.63, 3.8) is 0 Å². The summed E-state index contributed by atoms with van der Waals surface area (Å²) in [6.45, 7) is 2.23. The summed E-state index contributed by atoms with van der Waals surface area (Å²) in [6.07, 6.45) is 0.336. The molecule has 118 valence electrons. The first-order chi connectivity index (χ1) is 10.1. The van der Waals surface area contributed by atoms with Crippen LogP contribution in [0.25, 0.3) is 0 Å². The van der Waals surface area contributed by atoms with Crippen molar-refractivity contribution >= 4 is 5.91 Å². The van der Waals surface area contributed by atoms with Crippen LogP contribution in [-0.2, 0) is 11.3 Å². The highest BCUT2D eigenvalue weighted by molar-refractivity contribution is 5.76. The highest BCUT2D eigenvalue weighted by Crippen LogP contribution is 2.28. The van der Waals surface area contributed by atoms with Gasteiger partial charge in [-0.3, -0.25) is 4.79 Å². The minimum atomic E-state index is -0.0530. The summed E-state index contributed by atoms with van der Waals surface area (Å²) in [7, 11) is 5.59. The molecule has 0 saturated carbocycles. The second-order valence-electron chi connectivity index (χ2n) is 4.95. The first kappa shape index (κ1) is 17.3. The Labute approximate surface area is 126 Å². The van der Waals surface area contributed by atoms with Gasteiger partial charge >= 0.3 is 0 Å². The Morgan fingerprint density at radius 3 is 2.71 bits per heavy atom. The van der Waals surface area contributed by atoms with Crippen molar-refractivity contribution < 1.29 is 14.3 Å². The normalized spacial score (nSPS) is 10.5. The van der Waals surface area contributed by atoms with Crippen LogP contribution >= 0.6 is 0 Å². The number of amides is 1. The van der Waals surface area contributed by atoms with Crippen molar-refractivity contribution in [2.24, 2.45) is 5.73 Å². The number of hydrogen-bond acceptors (Lipinski definition) is 5. The molecule has 0 spiro atoms. The Bertz CT molecular complexity index is 450. The van der Waals surface area contributed by atoms with Crippen molar-refractivity contribution in [3.05, 3.63) is 23.8 Å². The minimum Gasteiger partial charge on any atom is -0.493 e. The molecular weight excluding hydrogens is 270 g/mol.